The van der Waals surface area contributed by atoms with E-state index in [9.17, 15) is 0 Å². The lowest BCUT2D eigenvalue weighted by atomic mass is 10.3. The van der Waals surface area contributed by atoms with Crippen molar-refractivity contribution in [1.29, 1.82) is 0 Å². The highest BCUT2D eigenvalue weighted by atomic mass is 19.0. The van der Waals surface area contributed by atoms with Crippen molar-refractivity contribution in [3.8, 4) is 0 Å². The lowest BCUT2D eigenvalue weighted by molar-refractivity contribution is 0.838. The van der Waals surface area contributed by atoms with Gasteiger partial charge in [0.05, 0.1) is 0 Å². The molecule has 0 aliphatic carbocycles. The molecular weight excluding hydrogens is 117 g/mol. The Kier molecular flexibility index (Phi) is 2.99. The molecule has 1 rings (SSSR count). The summed E-state index contributed by atoms with van der Waals surface area (Å²) in [6.07, 6.45) is 3.20. The number of aromatic nitrogens is 1. The lowest BCUT2D eigenvalue weighted by Gasteiger charge is -1.95. The Bertz CT molecular complexity index is 169. The molecule has 52 valence electrons. The van der Waals surface area contributed by atoms with Crippen LogP contribution in [0.3, 0.4) is 0 Å². The smallest absolute Gasteiger partial charge is 0.0169 e. The van der Waals surface area contributed by atoms with Crippen molar-refractivity contribution in [3.63, 3.8) is 0 Å². The molecule has 1 aromatic rings. The maximum absolute atomic E-state index is 2.16. The molecule has 2 heteroatoms. The molecule has 0 unspecified atom stereocenters. The average molecular weight is 129 g/mol. The first kappa shape index (κ1) is 8.21. The van der Waals surface area contributed by atoms with E-state index in [2.05, 4.69) is 36.9 Å². The third-order valence-corrected chi connectivity index (χ3v) is 1.41. The summed E-state index contributed by atoms with van der Waals surface area (Å²) < 4.78 is 2.14. The van der Waals surface area contributed by atoms with E-state index in [1.807, 2.05) is 0 Å². The fourth-order valence-electron chi connectivity index (χ4n) is 0.864. The van der Waals surface area contributed by atoms with Crippen LogP contribution in [0, 0.1) is 0 Å². The van der Waals surface area contributed by atoms with Crippen molar-refractivity contribution in [2.45, 2.75) is 13.3 Å². The molecule has 1 nitrogen and oxygen atoms in total. The molecule has 0 aliphatic rings. The first-order chi connectivity index (χ1) is 3.84. The normalized spacial score (nSPS) is 8.67. The SMILES string of the molecule is CCc1cccn1C.F. The van der Waals surface area contributed by atoms with Gasteiger partial charge >= 0.3 is 0 Å². The second-order valence-corrected chi connectivity index (χ2v) is 1.96. The first-order valence-corrected chi connectivity index (χ1v) is 2.95. The van der Waals surface area contributed by atoms with Gasteiger partial charge in [0.15, 0.2) is 0 Å². The van der Waals surface area contributed by atoms with Gasteiger partial charge in [-0.05, 0) is 18.6 Å². The van der Waals surface area contributed by atoms with Crippen LogP contribution in [0.15, 0.2) is 18.3 Å². The highest BCUT2D eigenvalue weighted by molar-refractivity contribution is 5.05. The van der Waals surface area contributed by atoms with Gasteiger partial charge in [0.1, 0.15) is 0 Å². The fraction of sp³-hybridized carbons (Fsp3) is 0.429. The van der Waals surface area contributed by atoms with Crippen LogP contribution in [0.25, 0.3) is 0 Å². The number of hydrogen-bond acceptors (Lipinski definition) is 0. The topological polar surface area (TPSA) is 4.93 Å². The molecule has 0 saturated carbocycles. The standard InChI is InChI=1S/C7H11N.FH/c1-3-7-5-4-6-8(7)2;/h4-6H,3H2,1-2H3;1H. The van der Waals surface area contributed by atoms with Gasteiger partial charge < -0.3 is 4.57 Å². The maximum atomic E-state index is 2.16. The molecule has 0 bridgehead atoms. The second-order valence-electron chi connectivity index (χ2n) is 1.96. The van der Waals surface area contributed by atoms with E-state index in [4.69, 9.17) is 0 Å². The van der Waals surface area contributed by atoms with E-state index in [0.717, 1.165) is 6.42 Å². The summed E-state index contributed by atoms with van der Waals surface area (Å²) in [7, 11) is 2.07. The summed E-state index contributed by atoms with van der Waals surface area (Å²) in [6.45, 7) is 2.16. The third kappa shape index (κ3) is 1.56. The molecule has 1 aromatic heterocycles. The summed E-state index contributed by atoms with van der Waals surface area (Å²) in [5, 5.41) is 0. The van der Waals surface area contributed by atoms with E-state index in [-0.39, 0.29) is 4.70 Å². The summed E-state index contributed by atoms with van der Waals surface area (Å²) in [4.78, 5) is 0. The molecule has 1 heterocycles. The highest BCUT2D eigenvalue weighted by Gasteiger charge is 1.88. The van der Waals surface area contributed by atoms with E-state index < -0.39 is 0 Å². The quantitative estimate of drug-likeness (QED) is 0.544. The van der Waals surface area contributed by atoms with Crippen molar-refractivity contribution in [3.05, 3.63) is 24.0 Å². The van der Waals surface area contributed by atoms with Crippen molar-refractivity contribution in [2.24, 2.45) is 7.05 Å². The zero-order valence-electron chi connectivity index (χ0n) is 5.79. The van der Waals surface area contributed by atoms with Gasteiger partial charge in [0.2, 0.25) is 0 Å². The Labute approximate surface area is 54.7 Å². The molecule has 0 fully saturated rings. The molecule has 0 saturated heterocycles. The highest BCUT2D eigenvalue weighted by Crippen LogP contribution is 1.98. The van der Waals surface area contributed by atoms with Gasteiger partial charge in [0.25, 0.3) is 0 Å². The van der Waals surface area contributed by atoms with Crippen molar-refractivity contribution >= 4 is 0 Å². The largest absolute Gasteiger partial charge is 0.354 e. The molecule has 0 aromatic carbocycles. The van der Waals surface area contributed by atoms with Crippen LogP contribution in [0.1, 0.15) is 12.6 Å². The van der Waals surface area contributed by atoms with E-state index in [0.29, 0.717) is 0 Å². The summed E-state index contributed by atoms with van der Waals surface area (Å²) in [5.41, 5.74) is 1.39. The monoisotopic (exact) mass is 129 g/mol. The third-order valence-electron chi connectivity index (χ3n) is 1.41. The molecular formula is C7H12FN. The Morgan fingerprint density at radius 1 is 1.56 bits per heavy atom. The van der Waals surface area contributed by atoms with Gasteiger partial charge in [-0.15, -0.1) is 0 Å². The van der Waals surface area contributed by atoms with Crippen LogP contribution in [0.4, 0.5) is 4.70 Å². The molecule has 0 spiro atoms. The van der Waals surface area contributed by atoms with Crippen LogP contribution in [-0.4, -0.2) is 4.57 Å². The minimum Gasteiger partial charge on any atom is -0.354 e. The summed E-state index contributed by atoms with van der Waals surface area (Å²) in [6, 6.07) is 4.21. The average Bonchev–Trinajstić information content (AvgIpc) is 2.14. The lowest BCUT2D eigenvalue weighted by Crippen LogP contribution is -1.90. The molecule has 9 heavy (non-hydrogen) atoms. The predicted molar refractivity (Wildman–Crippen MR) is 37.3 cm³/mol. The Hall–Kier alpha value is -0.790. The van der Waals surface area contributed by atoms with Crippen LogP contribution in [0.2, 0.25) is 0 Å². The Balaban J connectivity index is 0.000000640. The van der Waals surface area contributed by atoms with Crippen molar-refractivity contribution in [2.75, 3.05) is 0 Å². The van der Waals surface area contributed by atoms with Gasteiger partial charge in [-0.25, -0.2) is 0 Å². The van der Waals surface area contributed by atoms with Crippen LogP contribution >= 0.6 is 0 Å². The fourth-order valence-corrected chi connectivity index (χ4v) is 0.864. The van der Waals surface area contributed by atoms with Crippen molar-refractivity contribution in [1.82, 2.24) is 4.57 Å². The minimum absolute atomic E-state index is 0. The van der Waals surface area contributed by atoms with E-state index in [1.165, 1.54) is 5.69 Å². The van der Waals surface area contributed by atoms with Crippen LogP contribution < -0.4 is 0 Å². The van der Waals surface area contributed by atoms with E-state index in [1.54, 1.807) is 0 Å². The maximum Gasteiger partial charge on any atom is 0.0169 e. The Morgan fingerprint density at radius 2 is 2.22 bits per heavy atom. The van der Waals surface area contributed by atoms with Crippen molar-refractivity contribution < 1.29 is 4.70 Å². The molecule has 0 radical (unpaired) electrons. The zero-order chi connectivity index (χ0) is 5.98. The molecule has 0 amide bonds. The number of rotatable bonds is 1. The van der Waals surface area contributed by atoms with Gasteiger partial charge in [-0.1, -0.05) is 6.92 Å². The van der Waals surface area contributed by atoms with Gasteiger partial charge in [-0.2, -0.15) is 0 Å². The second kappa shape index (κ2) is 3.28. The number of nitrogens with zero attached hydrogens (tertiary/aromatic N) is 1. The van der Waals surface area contributed by atoms with Gasteiger partial charge in [-0.3, -0.25) is 4.70 Å². The molecule has 0 N–H and O–H groups in total. The molecule has 0 atom stereocenters. The van der Waals surface area contributed by atoms with Crippen LogP contribution in [0.5, 0.6) is 0 Å². The summed E-state index contributed by atoms with van der Waals surface area (Å²) >= 11 is 0. The summed E-state index contributed by atoms with van der Waals surface area (Å²) in [5.74, 6) is 0. The molecule has 0 aliphatic heterocycles. The predicted octanol–water partition coefficient (Wildman–Crippen LogP) is 1.74. The van der Waals surface area contributed by atoms with Crippen LogP contribution in [-0.2, 0) is 13.5 Å². The first-order valence-electron chi connectivity index (χ1n) is 2.95. The van der Waals surface area contributed by atoms with Gasteiger partial charge in [0, 0.05) is 18.9 Å². The van der Waals surface area contributed by atoms with E-state index >= 15 is 0 Å². The number of hydrogen-bond donors (Lipinski definition) is 0. The minimum atomic E-state index is 0. The number of aryl methyl sites for hydroxylation is 2. The zero-order valence-corrected chi connectivity index (χ0v) is 5.79. The number of halogens is 1. The Morgan fingerprint density at radius 3 is 2.44 bits per heavy atom.